The molecule has 3 rings (SSSR count). The average Bonchev–Trinajstić information content (AvgIpc) is 3.31. The Morgan fingerprint density at radius 3 is 2.70 bits per heavy atom. The molecule has 1 aromatic carbocycles. The van der Waals surface area contributed by atoms with Crippen molar-refractivity contribution in [3.8, 4) is 11.4 Å². The minimum absolute atomic E-state index is 0.0294. The van der Waals surface area contributed by atoms with Crippen LogP contribution in [0, 0.1) is 13.8 Å². The highest BCUT2D eigenvalue weighted by atomic mass is 16.5. The number of aryl methyl sites for hydroxylation is 3. The third-order valence-corrected chi connectivity index (χ3v) is 4.23. The van der Waals surface area contributed by atoms with Gasteiger partial charge in [0, 0.05) is 12.8 Å². The van der Waals surface area contributed by atoms with Gasteiger partial charge in [-0.25, -0.2) is 4.79 Å². The van der Waals surface area contributed by atoms with E-state index in [2.05, 4.69) is 15.5 Å². The standard InChI is InChI=1S/C19H19N3O5/c1-11-3-4-13(9-12(11)2)17(19(24)25)20-15(23)5-6-16-21-18(22-27-16)14-7-8-26-10-14/h3-4,7-10,17H,5-6H2,1-2H3,(H,20,23)(H,24,25). The number of carbonyl (C=O) groups excluding carboxylic acids is 1. The second-order valence-electron chi connectivity index (χ2n) is 6.21. The highest BCUT2D eigenvalue weighted by Crippen LogP contribution is 2.19. The van der Waals surface area contributed by atoms with E-state index < -0.39 is 17.9 Å². The zero-order valence-electron chi connectivity index (χ0n) is 14.9. The van der Waals surface area contributed by atoms with Crippen LogP contribution in [0.2, 0.25) is 0 Å². The Morgan fingerprint density at radius 1 is 1.22 bits per heavy atom. The smallest absolute Gasteiger partial charge is 0.330 e. The van der Waals surface area contributed by atoms with E-state index in [-0.39, 0.29) is 12.8 Å². The lowest BCUT2D eigenvalue weighted by atomic mass is 10.0. The lowest BCUT2D eigenvalue weighted by Gasteiger charge is -2.16. The van der Waals surface area contributed by atoms with Crippen molar-refractivity contribution in [2.75, 3.05) is 0 Å². The summed E-state index contributed by atoms with van der Waals surface area (Å²) >= 11 is 0. The number of hydrogen-bond donors (Lipinski definition) is 2. The number of hydrogen-bond acceptors (Lipinski definition) is 6. The number of amides is 1. The number of carboxylic acids is 1. The molecule has 1 atom stereocenters. The van der Waals surface area contributed by atoms with Gasteiger partial charge < -0.3 is 19.4 Å². The lowest BCUT2D eigenvalue weighted by Crippen LogP contribution is -2.34. The van der Waals surface area contributed by atoms with Crippen LogP contribution in [-0.2, 0) is 16.0 Å². The molecular formula is C19H19N3O5. The molecule has 27 heavy (non-hydrogen) atoms. The quantitative estimate of drug-likeness (QED) is 0.657. The molecule has 8 heteroatoms. The Bertz CT molecular complexity index is 946. The molecule has 2 N–H and O–H groups in total. The van der Waals surface area contributed by atoms with Gasteiger partial charge >= 0.3 is 5.97 Å². The van der Waals surface area contributed by atoms with Crippen molar-refractivity contribution >= 4 is 11.9 Å². The third kappa shape index (κ3) is 4.41. The van der Waals surface area contributed by atoms with E-state index in [1.54, 1.807) is 18.2 Å². The van der Waals surface area contributed by atoms with Gasteiger partial charge in [0.05, 0.1) is 11.8 Å². The highest BCUT2D eigenvalue weighted by molar-refractivity contribution is 5.84. The summed E-state index contributed by atoms with van der Waals surface area (Å²) in [7, 11) is 0. The van der Waals surface area contributed by atoms with E-state index in [1.807, 2.05) is 19.9 Å². The zero-order valence-corrected chi connectivity index (χ0v) is 14.9. The van der Waals surface area contributed by atoms with Gasteiger partial charge in [0.25, 0.3) is 0 Å². The molecule has 0 fully saturated rings. The molecule has 2 heterocycles. The lowest BCUT2D eigenvalue weighted by molar-refractivity contribution is -0.142. The van der Waals surface area contributed by atoms with Crippen LogP contribution < -0.4 is 5.32 Å². The van der Waals surface area contributed by atoms with Crippen molar-refractivity contribution in [1.29, 1.82) is 0 Å². The Kier molecular flexibility index (Phi) is 5.35. The van der Waals surface area contributed by atoms with Crippen LogP contribution >= 0.6 is 0 Å². The monoisotopic (exact) mass is 369 g/mol. The van der Waals surface area contributed by atoms with E-state index in [4.69, 9.17) is 8.94 Å². The Morgan fingerprint density at radius 2 is 2.04 bits per heavy atom. The molecule has 0 aliphatic carbocycles. The number of nitrogens with zero attached hydrogens (tertiary/aromatic N) is 2. The predicted octanol–water partition coefficient (Wildman–Crippen LogP) is 2.82. The van der Waals surface area contributed by atoms with Gasteiger partial charge in [-0.1, -0.05) is 23.4 Å². The van der Waals surface area contributed by atoms with Gasteiger partial charge in [0.1, 0.15) is 6.26 Å². The molecule has 0 spiro atoms. The van der Waals surface area contributed by atoms with Gasteiger partial charge in [-0.15, -0.1) is 0 Å². The maximum Gasteiger partial charge on any atom is 0.330 e. The van der Waals surface area contributed by atoms with Crippen molar-refractivity contribution in [2.45, 2.75) is 32.7 Å². The Hall–Kier alpha value is -3.42. The van der Waals surface area contributed by atoms with Crippen molar-refractivity contribution in [3.63, 3.8) is 0 Å². The minimum atomic E-state index is -1.12. The van der Waals surface area contributed by atoms with Crippen LogP contribution in [0.3, 0.4) is 0 Å². The molecule has 0 saturated carbocycles. The van der Waals surface area contributed by atoms with E-state index >= 15 is 0 Å². The zero-order chi connectivity index (χ0) is 19.4. The summed E-state index contributed by atoms with van der Waals surface area (Å²) in [4.78, 5) is 28.0. The summed E-state index contributed by atoms with van der Waals surface area (Å²) in [6, 6.07) is 5.89. The second kappa shape index (κ2) is 7.86. The Labute approximate surface area is 155 Å². The minimum Gasteiger partial charge on any atom is -0.479 e. The number of aliphatic carboxylic acids is 1. The molecule has 8 nitrogen and oxygen atoms in total. The summed E-state index contributed by atoms with van der Waals surface area (Å²) in [6.45, 7) is 3.84. The van der Waals surface area contributed by atoms with E-state index in [0.717, 1.165) is 11.1 Å². The molecule has 0 radical (unpaired) electrons. The van der Waals surface area contributed by atoms with Crippen LogP contribution in [-0.4, -0.2) is 27.1 Å². The van der Waals surface area contributed by atoms with Crippen LogP contribution in [0.4, 0.5) is 0 Å². The first-order valence-corrected chi connectivity index (χ1v) is 8.38. The average molecular weight is 369 g/mol. The van der Waals surface area contributed by atoms with E-state index in [0.29, 0.717) is 22.8 Å². The normalized spacial score (nSPS) is 11.9. The van der Waals surface area contributed by atoms with Crippen molar-refractivity contribution in [2.24, 2.45) is 0 Å². The highest BCUT2D eigenvalue weighted by Gasteiger charge is 2.22. The number of rotatable bonds is 7. The van der Waals surface area contributed by atoms with Gasteiger partial charge in [-0.3, -0.25) is 4.79 Å². The number of carbonyl (C=O) groups is 2. The van der Waals surface area contributed by atoms with Crippen LogP contribution in [0.25, 0.3) is 11.4 Å². The van der Waals surface area contributed by atoms with Gasteiger partial charge in [0.2, 0.25) is 17.6 Å². The van der Waals surface area contributed by atoms with E-state index in [1.165, 1.54) is 12.5 Å². The number of nitrogens with one attached hydrogen (secondary N) is 1. The number of furan rings is 1. The maximum atomic E-state index is 12.2. The fourth-order valence-corrected chi connectivity index (χ4v) is 2.55. The Balaban J connectivity index is 1.61. The largest absolute Gasteiger partial charge is 0.479 e. The van der Waals surface area contributed by atoms with Crippen LogP contribution in [0.1, 0.15) is 35.0 Å². The van der Waals surface area contributed by atoms with Crippen LogP contribution in [0.15, 0.2) is 45.7 Å². The third-order valence-electron chi connectivity index (χ3n) is 4.23. The first-order chi connectivity index (χ1) is 12.9. The van der Waals surface area contributed by atoms with E-state index in [9.17, 15) is 14.7 Å². The van der Waals surface area contributed by atoms with Gasteiger partial charge in [-0.2, -0.15) is 4.98 Å². The molecule has 0 saturated heterocycles. The molecule has 0 aliphatic rings. The number of aromatic nitrogens is 2. The SMILES string of the molecule is Cc1ccc(C(NC(=O)CCc2nc(-c3ccoc3)no2)C(=O)O)cc1C. The second-order valence-corrected chi connectivity index (χ2v) is 6.21. The molecule has 0 aliphatic heterocycles. The fourth-order valence-electron chi connectivity index (χ4n) is 2.55. The first-order valence-electron chi connectivity index (χ1n) is 8.38. The van der Waals surface area contributed by atoms with Crippen molar-refractivity contribution in [1.82, 2.24) is 15.5 Å². The molecule has 1 amide bonds. The van der Waals surface area contributed by atoms with Gasteiger partial charge in [0.15, 0.2) is 6.04 Å². The maximum absolute atomic E-state index is 12.2. The predicted molar refractivity (Wildman–Crippen MR) is 94.8 cm³/mol. The molecule has 1 unspecified atom stereocenters. The number of carboxylic acid groups (broad SMARTS) is 1. The molecule has 0 bridgehead atoms. The molecular weight excluding hydrogens is 350 g/mol. The molecule has 140 valence electrons. The summed E-state index contributed by atoms with van der Waals surface area (Å²) in [5.74, 6) is -0.868. The molecule has 2 aromatic heterocycles. The summed E-state index contributed by atoms with van der Waals surface area (Å²) in [5.41, 5.74) is 3.22. The summed E-state index contributed by atoms with van der Waals surface area (Å²) < 4.78 is 10.1. The first kappa shape index (κ1) is 18.4. The topological polar surface area (TPSA) is 118 Å². The fraction of sp³-hybridized carbons (Fsp3) is 0.263. The number of benzene rings is 1. The summed E-state index contributed by atoms with van der Waals surface area (Å²) in [5, 5.41) is 15.8. The van der Waals surface area contributed by atoms with Crippen molar-refractivity contribution in [3.05, 3.63) is 59.4 Å². The molecule has 3 aromatic rings. The van der Waals surface area contributed by atoms with Crippen molar-refractivity contribution < 1.29 is 23.6 Å². The van der Waals surface area contributed by atoms with Crippen LogP contribution in [0.5, 0.6) is 0 Å². The van der Waals surface area contributed by atoms with Gasteiger partial charge in [-0.05, 0) is 36.6 Å². The summed E-state index contributed by atoms with van der Waals surface area (Å²) in [6.07, 6.45) is 3.22.